The minimum absolute atomic E-state index is 0.0375. The van der Waals surface area contributed by atoms with E-state index >= 15 is 0 Å². The van der Waals surface area contributed by atoms with Gasteiger partial charge in [-0.15, -0.1) is 0 Å². The van der Waals surface area contributed by atoms with Crippen LogP contribution in [0.1, 0.15) is 28.5 Å². The number of hydrogen-bond donors (Lipinski definition) is 4. The van der Waals surface area contributed by atoms with Crippen LogP contribution in [0, 0.1) is 5.82 Å². The summed E-state index contributed by atoms with van der Waals surface area (Å²) in [4.78, 5) is 33.6. The second-order valence-electron chi connectivity index (χ2n) is 9.84. The maximum atomic E-state index is 14.6. The zero-order valence-electron chi connectivity index (χ0n) is 22.0. The number of benzene rings is 2. The van der Waals surface area contributed by atoms with E-state index in [9.17, 15) is 32.3 Å². The number of carbonyl (C=O) groups is 2. The van der Waals surface area contributed by atoms with E-state index in [0.29, 0.717) is 10.2 Å². The molecule has 0 radical (unpaired) electrons. The van der Waals surface area contributed by atoms with Gasteiger partial charge in [-0.1, -0.05) is 11.3 Å². The van der Waals surface area contributed by atoms with Crippen LogP contribution < -0.4 is 26.3 Å². The lowest BCUT2D eigenvalue weighted by molar-refractivity contribution is -0.265. The largest absolute Gasteiger partial charge is 0.494 e. The summed E-state index contributed by atoms with van der Waals surface area (Å²) < 4.78 is 68.8. The number of halogens is 4. The Kier molecular flexibility index (Phi) is 6.97. The van der Waals surface area contributed by atoms with Crippen molar-refractivity contribution in [1.29, 1.82) is 0 Å². The van der Waals surface area contributed by atoms with Crippen LogP contribution in [-0.2, 0) is 15.8 Å². The molecule has 4 aromatic rings. The molecule has 220 valence electrons. The van der Waals surface area contributed by atoms with Crippen LogP contribution in [0.3, 0.4) is 0 Å². The van der Waals surface area contributed by atoms with Gasteiger partial charge < -0.3 is 31.4 Å². The fraction of sp³-hybridized carbons (Fsp3) is 0.259. The number of pyridine rings is 1. The molecule has 2 aromatic heterocycles. The van der Waals surface area contributed by atoms with Crippen LogP contribution in [-0.4, -0.2) is 53.3 Å². The first-order valence-electron chi connectivity index (χ1n) is 12.2. The molecule has 0 bridgehead atoms. The molecule has 0 saturated heterocycles. The molecule has 2 aromatic carbocycles. The maximum Gasteiger partial charge on any atom is 0.424 e. The van der Waals surface area contributed by atoms with Gasteiger partial charge in [-0.05, 0) is 49.4 Å². The zero-order valence-corrected chi connectivity index (χ0v) is 22.8. The Hall–Kier alpha value is -4.50. The number of fused-ring (bicyclic) bond motifs is 2. The Morgan fingerprint density at radius 2 is 1.88 bits per heavy atom. The highest BCUT2D eigenvalue weighted by molar-refractivity contribution is 7.22. The number of aliphatic hydroxyl groups is 1. The number of thiazole rings is 1. The molecule has 1 aliphatic heterocycles. The molecule has 5 rings (SSSR count). The van der Waals surface area contributed by atoms with Crippen molar-refractivity contribution in [2.75, 3.05) is 26.0 Å². The average Bonchev–Trinajstić information content (AvgIpc) is 3.50. The maximum absolute atomic E-state index is 14.6. The van der Waals surface area contributed by atoms with Crippen LogP contribution in [0.2, 0.25) is 0 Å². The molecule has 2 atom stereocenters. The second kappa shape index (κ2) is 10.1. The summed E-state index contributed by atoms with van der Waals surface area (Å²) in [5, 5.41) is 13.5. The van der Waals surface area contributed by atoms with Gasteiger partial charge in [0, 0.05) is 16.7 Å². The number of primary amides is 1. The van der Waals surface area contributed by atoms with Crippen molar-refractivity contribution in [2.45, 2.75) is 24.1 Å². The Morgan fingerprint density at radius 3 is 2.50 bits per heavy atom. The summed E-state index contributed by atoms with van der Waals surface area (Å²) in [6, 6.07) is 8.19. The van der Waals surface area contributed by atoms with Gasteiger partial charge in [0.25, 0.3) is 5.91 Å². The number of nitrogens with zero attached hydrogens (tertiary/aromatic N) is 2. The first-order chi connectivity index (χ1) is 19.7. The second-order valence-corrected chi connectivity index (χ2v) is 10.9. The van der Waals surface area contributed by atoms with Crippen LogP contribution in [0.5, 0.6) is 11.5 Å². The Labute approximate surface area is 239 Å². The summed E-state index contributed by atoms with van der Waals surface area (Å²) >= 11 is 1.05. The standard InChI is InChI=1S/C27H23F4N5O5S/c1-25(23(32)38)11-41-21-15(25)9-18(35-19(21)12-3-5-14(28)6-4-12)26(39,27(29,30)31)10-34-22(37)13-7-16(40-2)20-17(8-13)42-24(33)36-20/h3-9,39H,10-11H2,1-2H3,(H2,32,38)(H2,33,36)(H,34,37)/t25-,26?/m0/s1. The Bertz CT molecular complexity index is 1730. The van der Waals surface area contributed by atoms with Crippen LogP contribution in [0.15, 0.2) is 42.5 Å². The van der Waals surface area contributed by atoms with E-state index in [2.05, 4.69) is 15.3 Å². The third-order valence-corrected chi connectivity index (χ3v) is 7.92. The van der Waals surface area contributed by atoms with Gasteiger partial charge in [0.1, 0.15) is 40.5 Å². The van der Waals surface area contributed by atoms with E-state index in [4.69, 9.17) is 20.9 Å². The molecule has 10 nitrogen and oxygen atoms in total. The molecule has 0 spiro atoms. The number of ether oxygens (including phenoxy) is 2. The normalized spacial score (nSPS) is 17.8. The molecule has 6 N–H and O–H groups in total. The summed E-state index contributed by atoms with van der Waals surface area (Å²) in [7, 11) is 1.33. The molecular weight excluding hydrogens is 582 g/mol. The predicted molar refractivity (Wildman–Crippen MR) is 145 cm³/mol. The first-order valence-corrected chi connectivity index (χ1v) is 13.1. The Morgan fingerprint density at radius 1 is 1.19 bits per heavy atom. The minimum atomic E-state index is -5.36. The van der Waals surface area contributed by atoms with Gasteiger partial charge in [-0.25, -0.2) is 14.4 Å². The molecule has 0 fully saturated rings. The number of nitrogen functional groups attached to an aromatic ring is 1. The molecule has 1 unspecified atom stereocenters. The minimum Gasteiger partial charge on any atom is -0.494 e. The summed E-state index contributed by atoms with van der Waals surface area (Å²) in [6.07, 6.45) is -5.36. The number of methoxy groups -OCH3 is 1. The number of rotatable bonds is 7. The van der Waals surface area contributed by atoms with Crippen molar-refractivity contribution in [2.24, 2.45) is 5.73 Å². The smallest absolute Gasteiger partial charge is 0.424 e. The third-order valence-electron chi connectivity index (χ3n) is 7.09. The number of anilines is 1. The lowest BCUT2D eigenvalue weighted by Crippen LogP contribution is -2.51. The quantitative estimate of drug-likeness (QED) is 0.233. The van der Waals surface area contributed by atoms with Gasteiger partial charge in [0.15, 0.2) is 5.13 Å². The molecule has 1 aliphatic rings. The lowest BCUT2D eigenvalue weighted by Gasteiger charge is -2.31. The summed E-state index contributed by atoms with van der Waals surface area (Å²) in [5.41, 5.74) is 5.29. The number of aromatic nitrogens is 2. The van der Waals surface area contributed by atoms with E-state index in [1.165, 1.54) is 38.3 Å². The summed E-state index contributed by atoms with van der Waals surface area (Å²) in [6.45, 7) is -0.280. The number of amides is 2. The third kappa shape index (κ3) is 4.73. The fourth-order valence-corrected chi connectivity index (χ4v) is 5.34. The van der Waals surface area contributed by atoms with Gasteiger partial charge in [0.05, 0.1) is 24.0 Å². The van der Waals surface area contributed by atoms with Crippen LogP contribution in [0.25, 0.3) is 21.5 Å². The van der Waals surface area contributed by atoms with Crippen molar-refractivity contribution in [3.05, 3.63) is 65.1 Å². The van der Waals surface area contributed by atoms with E-state index in [1.54, 1.807) is 0 Å². The molecule has 42 heavy (non-hydrogen) atoms. The number of nitrogens with one attached hydrogen (secondary N) is 1. The van der Waals surface area contributed by atoms with Crippen molar-refractivity contribution in [3.8, 4) is 22.8 Å². The average molecular weight is 606 g/mol. The highest BCUT2D eigenvalue weighted by Gasteiger charge is 2.57. The molecule has 15 heteroatoms. The number of hydrogen-bond acceptors (Lipinski definition) is 9. The number of nitrogens with two attached hydrogens (primary N) is 2. The van der Waals surface area contributed by atoms with E-state index in [0.717, 1.165) is 29.5 Å². The topological polar surface area (TPSA) is 163 Å². The first kappa shape index (κ1) is 29.0. The summed E-state index contributed by atoms with van der Waals surface area (Å²) in [5.74, 6) is -2.33. The molecule has 3 heterocycles. The van der Waals surface area contributed by atoms with E-state index < -0.39 is 47.1 Å². The van der Waals surface area contributed by atoms with Gasteiger partial charge in [-0.3, -0.25) is 9.59 Å². The van der Waals surface area contributed by atoms with Gasteiger partial charge in [-0.2, -0.15) is 13.2 Å². The van der Waals surface area contributed by atoms with Crippen LogP contribution >= 0.6 is 11.3 Å². The van der Waals surface area contributed by atoms with Crippen molar-refractivity contribution in [1.82, 2.24) is 15.3 Å². The highest BCUT2D eigenvalue weighted by Crippen LogP contribution is 2.47. The van der Waals surface area contributed by atoms with Crippen molar-refractivity contribution < 1.29 is 41.7 Å². The molecular formula is C27H23F4N5O5S. The van der Waals surface area contributed by atoms with Crippen LogP contribution in [0.4, 0.5) is 22.7 Å². The lowest BCUT2D eigenvalue weighted by atomic mass is 9.81. The Balaban J connectivity index is 1.59. The van der Waals surface area contributed by atoms with Crippen molar-refractivity contribution in [3.63, 3.8) is 0 Å². The van der Waals surface area contributed by atoms with E-state index in [1.807, 2.05) is 0 Å². The van der Waals surface area contributed by atoms with Crippen molar-refractivity contribution >= 4 is 38.5 Å². The van der Waals surface area contributed by atoms with E-state index in [-0.39, 0.29) is 45.6 Å². The SMILES string of the molecule is COc1cc(C(=O)NCC(O)(c2cc3c(c(-c4ccc(F)cc4)n2)OC[C@]3(C)C(N)=O)C(F)(F)F)cc2sc(N)nc12. The molecule has 0 saturated carbocycles. The van der Waals surface area contributed by atoms with Gasteiger partial charge >= 0.3 is 6.18 Å². The monoisotopic (exact) mass is 605 g/mol. The molecule has 2 amide bonds. The predicted octanol–water partition coefficient (Wildman–Crippen LogP) is 3.40. The number of alkyl halides is 3. The molecule has 0 aliphatic carbocycles. The van der Waals surface area contributed by atoms with Gasteiger partial charge in [0.2, 0.25) is 11.5 Å². The zero-order chi connectivity index (χ0) is 30.6. The fourth-order valence-electron chi connectivity index (χ4n) is 4.55. The highest BCUT2D eigenvalue weighted by atomic mass is 32.1. The number of carbonyl (C=O) groups excluding carboxylic acids is 2.